The molecule has 1 spiro atoms. The number of carbonyl (C=O) groups is 2. The van der Waals surface area contributed by atoms with Gasteiger partial charge in [-0.05, 0) is 30.4 Å². The Morgan fingerprint density at radius 3 is 2.88 bits per heavy atom. The van der Waals surface area contributed by atoms with Crippen molar-refractivity contribution >= 4 is 23.8 Å². The molecule has 0 fully saturated rings. The average molecular weight is 421 g/mol. The zero-order chi connectivity index (χ0) is 21.9. The van der Waals surface area contributed by atoms with E-state index in [1.165, 1.54) is 6.20 Å². The molecule has 2 aromatic rings. The van der Waals surface area contributed by atoms with E-state index in [1.54, 1.807) is 36.5 Å². The van der Waals surface area contributed by atoms with Crippen LogP contribution in [0.3, 0.4) is 0 Å². The number of carbonyl (C=O) groups excluding carboxylic acids is 2. The maximum absolute atomic E-state index is 12.6. The molecular weight excluding hydrogens is 406 g/mol. The predicted molar refractivity (Wildman–Crippen MR) is 117 cm³/mol. The number of nitrogens with zero attached hydrogens (tertiary/aromatic N) is 2. The molecule has 6 rings (SSSR count). The van der Waals surface area contributed by atoms with Gasteiger partial charge < -0.3 is 15.2 Å². The van der Waals surface area contributed by atoms with Crippen LogP contribution in [0.15, 0.2) is 95.0 Å². The second-order valence-corrected chi connectivity index (χ2v) is 7.64. The molecule has 0 saturated carbocycles. The number of hydrogen-bond acceptors (Lipinski definition) is 6. The Morgan fingerprint density at radius 1 is 1.12 bits per heavy atom. The zero-order valence-electron chi connectivity index (χ0n) is 16.6. The van der Waals surface area contributed by atoms with Crippen molar-refractivity contribution in [3.05, 3.63) is 112 Å². The van der Waals surface area contributed by atoms with Gasteiger partial charge in [0.1, 0.15) is 17.3 Å². The van der Waals surface area contributed by atoms with Gasteiger partial charge >= 0.3 is 5.97 Å². The van der Waals surface area contributed by atoms with Crippen molar-refractivity contribution in [2.75, 3.05) is 0 Å². The lowest BCUT2D eigenvalue weighted by atomic mass is 9.76. The summed E-state index contributed by atoms with van der Waals surface area (Å²) in [6.07, 6.45) is 16.1. The molecule has 4 aliphatic rings. The third-order valence-corrected chi connectivity index (χ3v) is 5.76. The Kier molecular flexibility index (Phi) is 3.70. The van der Waals surface area contributed by atoms with Crippen LogP contribution in [0.25, 0.3) is 6.08 Å². The summed E-state index contributed by atoms with van der Waals surface area (Å²) in [5, 5.41) is 0. The van der Waals surface area contributed by atoms with Crippen LogP contribution in [0.2, 0.25) is 0 Å². The molecule has 154 valence electrons. The van der Waals surface area contributed by atoms with Crippen LogP contribution < -0.4 is 10.5 Å². The third kappa shape index (κ3) is 2.54. The van der Waals surface area contributed by atoms with Crippen molar-refractivity contribution in [2.24, 2.45) is 10.7 Å². The van der Waals surface area contributed by atoms with Crippen molar-refractivity contribution in [1.82, 2.24) is 4.98 Å². The molecule has 1 unspecified atom stereocenters. The van der Waals surface area contributed by atoms with Gasteiger partial charge in [0.05, 0.1) is 16.7 Å². The fourth-order valence-electron chi connectivity index (χ4n) is 4.26. The van der Waals surface area contributed by atoms with Crippen LogP contribution in [-0.4, -0.2) is 28.3 Å². The zero-order valence-corrected chi connectivity index (χ0v) is 16.6. The molecular formula is C25H15N3O4. The van der Waals surface area contributed by atoms with Crippen LogP contribution >= 0.6 is 0 Å². The predicted octanol–water partition coefficient (Wildman–Crippen LogP) is 3.26. The highest BCUT2D eigenvalue weighted by Crippen LogP contribution is 2.48. The van der Waals surface area contributed by atoms with E-state index in [0.717, 1.165) is 16.7 Å². The van der Waals surface area contributed by atoms with Gasteiger partial charge in [-0.1, -0.05) is 30.4 Å². The molecule has 1 atom stereocenters. The Balaban J connectivity index is 1.45. The van der Waals surface area contributed by atoms with Crippen molar-refractivity contribution in [1.29, 1.82) is 0 Å². The van der Waals surface area contributed by atoms with E-state index in [9.17, 15) is 9.59 Å². The lowest BCUT2D eigenvalue weighted by molar-refractivity contribution is 0.0627. The van der Waals surface area contributed by atoms with Crippen LogP contribution in [0, 0.1) is 0 Å². The number of benzene rings is 1. The lowest BCUT2D eigenvalue weighted by Gasteiger charge is -2.41. The first-order valence-corrected chi connectivity index (χ1v) is 9.94. The number of pyridine rings is 1. The summed E-state index contributed by atoms with van der Waals surface area (Å²) in [5.41, 5.74) is 8.77. The number of amides is 1. The lowest BCUT2D eigenvalue weighted by Crippen LogP contribution is -2.42. The largest absolute Gasteiger partial charge is 0.472 e. The number of fused-ring (bicyclic) bond motifs is 3. The standard InChI is InChI=1S/C25H15N3O4/c26-22-20-19(23(29)28-22)9-6-14-11-17-5-1-4-16-7-8-18(12-25(16,17)32-21(14)20)31-24(30)15-3-2-10-27-13-15/h1-13H,(H2,26,28,29). The minimum atomic E-state index is -1.03. The summed E-state index contributed by atoms with van der Waals surface area (Å²) < 4.78 is 12.2. The van der Waals surface area contributed by atoms with E-state index in [0.29, 0.717) is 28.2 Å². The number of amidine groups is 1. The number of ether oxygens (including phenoxy) is 2. The second kappa shape index (κ2) is 6.49. The molecule has 2 aliphatic heterocycles. The summed E-state index contributed by atoms with van der Waals surface area (Å²) in [5.74, 6) is 0.0370. The first-order chi connectivity index (χ1) is 15.5. The quantitative estimate of drug-likeness (QED) is 0.747. The summed E-state index contributed by atoms with van der Waals surface area (Å²) in [6, 6.07) is 6.83. The molecule has 2 N–H and O–H groups in total. The fourth-order valence-corrected chi connectivity index (χ4v) is 4.26. The van der Waals surface area contributed by atoms with E-state index >= 15 is 0 Å². The number of aliphatic imine (C=N–C) groups is 1. The number of rotatable bonds is 2. The molecule has 7 nitrogen and oxygen atoms in total. The van der Waals surface area contributed by atoms with Gasteiger partial charge in [-0.25, -0.2) is 4.79 Å². The molecule has 0 radical (unpaired) electrons. The molecule has 2 aliphatic carbocycles. The molecule has 7 heteroatoms. The SMILES string of the molecule is NC1=NC(=O)c2ccc3c(c21)OC12C=C(OC(=O)c4cccnc4)C=CC1=CC=CC2=C3. The highest BCUT2D eigenvalue weighted by atomic mass is 16.5. The van der Waals surface area contributed by atoms with E-state index in [-0.39, 0.29) is 11.7 Å². The van der Waals surface area contributed by atoms with E-state index in [1.807, 2.05) is 36.4 Å². The van der Waals surface area contributed by atoms with Crippen molar-refractivity contribution < 1.29 is 19.1 Å². The van der Waals surface area contributed by atoms with Crippen LogP contribution in [-0.2, 0) is 4.74 Å². The van der Waals surface area contributed by atoms with Gasteiger partial charge in [0, 0.05) is 35.2 Å². The summed E-state index contributed by atoms with van der Waals surface area (Å²) >= 11 is 0. The monoisotopic (exact) mass is 421 g/mol. The molecule has 3 heterocycles. The van der Waals surface area contributed by atoms with Gasteiger partial charge in [0.15, 0.2) is 5.60 Å². The molecule has 1 amide bonds. The topological polar surface area (TPSA) is 104 Å². The summed E-state index contributed by atoms with van der Waals surface area (Å²) in [6.45, 7) is 0. The summed E-state index contributed by atoms with van der Waals surface area (Å²) in [7, 11) is 0. The van der Waals surface area contributed by atoms with Crippen LogP contribution in [0.4, 0.5) is 0 Å². The average Bonchev–Trinajstić information content (AvgIpc) is 3.10. The van der Waals surface area contributed by atoms with Gasteiger partial charge in [0.25, 0.3) is 5.91 Å². The van der Waals surface area contributed by atoms with Gasteiger partial charge in [-0.15, -0.1) is 0 Å². The normalized spacial score (nSPS) is 21.7. The van der Waals surface area contributed by atoms with Crippen molar-refractivity contribution in [2.45, 2.75) is 5.60 Å². The smallest absolute Gasteiger partial charge is 0.345 e. The number of allylic oxidation sites excluding steroid dienone is 3. The van der Waals surface area contributed by atoms with Crippen molar-refractivity contribution in [3.8, 4) is 5.75 Å². The van der Waals surface area contributed by atoms with Gasteiger partial charge in [-0.2, -0.15) is 4.99 Å². The maximum atomic E-state index is 12.6. The molecule has 1 aromatic carbocycles. The van der Waals surface area contributed by atoms with E-state index in [2.05, 4.69) is 9.98 Å². The highest BCUT2D eigenvalue weighted by molar-refractivity contribution is 6.21. The number of hydrogen-bond donors (Lipinski definition) is 1. The molecule has 32 heavy (non-hydrogen) atoms. The highest BCUT2D eigenvalue weighted by Gasteiger charge is 2.45. The van der Waals surface area contributed by atoms with E-state index in [4.69, 9.17) is 15.2 Å². The number of esters is 1. The third-order valence-electron chi connectivity index (χ3n) is 5.76. The van der Waals surface area contributed by atoms with E-state index < -0.39 is 11.6 Å². The Hall–Kier alpha value is -4.52. The first-order valence-electron chi connectivity index (χ1n) is 9.94. The molecule has 0 bridgehead atoms. The Morgan fingerprint density at radius 2 is 2.03 bits per heavy atom. The Labute approximate surface area is 182 Å². The molecule has 1 aromatic heterocycles. The number of aromatic nitrogens is 1. The maximum Gasteiger partial charge on any atom is 0.345 e. The van der Waals surface area contributed by atoms with Crippen LogP contribution in [0.5, 0.6) is 5.75 Å². The van der Waals surface area contributed by atoms with Crippen LogP contribution in [0.1, 0.15) is 31.8 Å². The van der Waals surface area contributed by atoms with Gasteiger partial charge in [-0.3, -0.25) is 9.78 Å². The second-order valence-electron chi connectivity index (χ2n) is 7.64. The molecule has 0 saturated heterocycles. The minimum absolute atomic E-state index is 0.130. The van der Waals surface area contributed by atoms with Gasteiger partial charge in [0.2, 0.25) is 0 Å². The van der Waals surface area contributed by atoms with Crippen molar-refractivity contribution in [3.63, 3.8) is 0 Å². The Bertz CT molecular complexity index is 1410. The summed E-state index contributed by atoms with van der Waals surface area (Å²) in [4.78, 5) is 32.6. The minimum Gasteiger partial charge on any atom is -0.472 e. The first kappa shape index (κ1) is 18.3. The fraction of sp³-hybridized carbons (Fsp3) is 0.0400. The number of nitrogens with two attached hydrogens (primary N) is 1.